The Hall–Kier alpha value is -0.0400. The average Bonchev–Trinajstić information content (AvgIpc) is 3.03. The molecule has 0 amide bonds. The first-order valence-electron chi connectivity index (χ1n) is 7.71. The summed E-state index contributed by atoms with van der Waals surface area (Å²) in [6.45, 7) is 1.42. The van der Waals surface area contributed by atoms with E-state index in [1.807, 2.05) is 0 Å². The Labute approximate surface area is 101 Å². The quantitative estimate of drug-likeness (QED) is 0.682. The highest BCUT2D eigenvalue weighted by molar-refractivity contribution is 4.90. The first-order chi connectivity index (χ1) is 7.95. The summed E-state index contributed by atoms with van der Waals surface area (Å²) in [5, 5.41) is 0. The van der Waals surface area contributed by atoms with Gasteiger partial charge >= 0.3 is 0 Å². The SMILES string of the molecule is C1CCC(C2CCCCN2C2CCCC2)C1. The van der Waals surface area contributed by atoms with Crippen molar-refractivity contribution in [3.05, 3.63) is 0 Å². The van der Waals surface area contributed by atoms with Crippen LogP contribution in [0.15, 0.2) is 0 Å². The summed E-state index contributed by atoms with van der Waals surface area (Å²) in [5.41, 5.74) is 0. The molecule has 1 saturated heterocycles. The molecule has 2 saturated carbocycles. The van der Waals surface area contributed by atoms with Gasteiger partial charge in [0.1, 0.15) is 0 Å². The maximum absolute atomic E-state index is 2.95. The summed E-state index contributed by atoms with van der Waals surface area (Å²) in [7, 11) is 0. The third kappa shape index (κ3) is 2.16. The van der Waals surface area contributed by atoms with Crippen LogP contribution in [0.2, 0.25) is 0 Å². The second-order valence-electron chi connectivity index (χ2n) is 6.28. The molecule has 16 heavy (non-hydrogen) atoms. The molecule has 0 aromatic heterocycles. The molecule has 0 bridgehead atoms. The van der Waals surface area contributed by atoms with Crippen molar-refractivity contribution in [3.63, 3.8) is 0 Å². The first-order valence-corrected chi connectivity index (χ1v) is 7.71. The number of nitrogens with zero attached hydrogens (tertiary/aromatic N) is 1. The van der Waals surface area contributed by atoms with E-state index in [0.717, 1.165) is 18.0 Å². The fourth-order valence-corrected chi connectivity index (χ4v) is 4.52. The second-order valence-corrected chi connectivity index (χ2v) is 6.28. The fourth-order valence-electron chi connectivity index (χ4n) is 4.52. The molecule has 92 valence electrons. The Bertz CT molecular complexity index is 189. The van der Waals surface area contributed by atoms with Gasteiger partial charge in [-0.15, -0.1) is 0 Å². The fraction of sp³-hybridized carbons (Fsp3) is 1.00. The summed E-state index contributed by atoms with van der Waals surface area (Å²) in [4.78, 5) is 2.95. The highest BCUT2D eigenvalue weighted by Crippen LogP contribution is 2.38. The molecule has 0 radical (unpaired) electrons. The van der Waals surface area contributed by atoms with Crippen LogP contribution in [0.3, 0.4) is 0 Å². The van der Waals surface area contributed by atoms with E-state index >= 15 is 0 Å². The van der Waals surface area contributed by atoms with E-state index < -0.39 is 0 Å². The van der Waals surface area contributed by atoms with Crippen LogP contribution >= 0.6 is 0 Å². The lowest BCUT2D eigenvalue weighted by Gasteiger charge is -2.43. The van der Waals surface area contributed by atoms with Gasteiger partial charge in [0.15, 0.2) is 0 Å². The van der Waals surface area contributed by atoms with Crippen molar-refractivity contribution in [3.8, 4) is 0 Å². The maximum Gasteiger partial charge on any atom is 0.0126 e. The van der Waals surface area contributed by atoms with E-state index in [4.69, 9.17) is 0 Å². The van der Waals surface area contributed by atoms with Crippen molar-refractivity contribution >= 4 is 0 Å². The van der Waals surface area contributed by atoms with E-state index in [9.17, 15) is 0 Å². The average molecular weight is 221 g/mol. The summed E-state index contributed by atoms with van der Waals surface area (Å²) in [6, 6.07) is 1.96. The molecule has 1 atom stereocenters. The van der Waals surface area contributed by atoms with Gasteiger partial charge in [-0.25, -0.2) is 0 Å². The summed E-state index contributed by atoms with van der Waals surface area (Å²) >= 11 is 0. The molecule has 2 aliphatic carbocycles. The molecule has 0 aromatic rings. The number of hydrogen-bond acceptors (Lipinski definition) is 1. The number of hydrogen-bond donors (Lipinski definition) is 0. The molecule has 1 heteroatoms. The first kappa shape index (κ1) is 11.1. The smallest absolute Gasteiger partial charge is 0.0126 e. The van der Waals surface area contributed by atoms with E-state index in [0.29, 0.717) is 0 Å². The molecule has 0 aromatic carbocycles. The van der Waals surface area contributed by atoms with Crippen LogP contribution in [0.5, 0.6) is 0 Å². The number of piperidine rings is 1. The predicted octanol–water partition coefficient (Wildman–Crippen LogP) is 3.97. The topological polar surface area (TPSA) is 3.24 Å². The molecule has 1 heterocycles. The third-order valence-electron chi connectivity index (χ3n) is 5.33. The summed E-state index contributed by atoms with van der Waals surface area (Å²) in [6.07, 6.45) is 16.6. The Morgan fingerprint density at radius 1 is 0.625 bits per heavy atom. The molecule has 0 N–H and O–H groups in total. The van der Waals surface area contributed by atoms with Gasteiger partial charge in [0.05, 0.1) is 0 Å². The Kier molecular flexibility index (Phi) is 3.51. The van der Waals surface area contributed by atoms with Crippen LogP contribution in [0.1, 0.15) is 70.6 Å². The largest absolute Gasteiger partial charge is 0.297 e. The minimum atomic E-state index is 0.978. The van der Waals surface area contributed by atoms with E-state index in [-0.39, 0.29) is 0 Å². The molecule has 0 spiro atoms. The van der Waals surface area contributed by atoms with Crippen molar-refractivity contribution < 1.29 is 0 Å². The minimum absolute atomic E-state index is 0.978. The van der Waals surface area contributed by atoms with Crippen LogP contribution in [0.4, 0.5) is 0 Å². The van der Waals surface area contributed by atoms with Gasteiger partial charge in [-0.05, 0) is 51.0 Å². The van der Waals surface area contributed by atoms with Crippen molar-refractivity contribution in [2.45, 2.75) is 82.7 Å². The van der Waals surface area contributed by atoms with Crippen LogP contribution in [-0.2, 0) is 0 Å². The number of rotatable bonds is 2. The molecular formula is C15H27N. The molecule has 3 fully saturated rings. The van der Waals surface area contributed by atoms with Crippen LogP contribution < -0.4 is 0 Å². The van der Waals surface area contributed by atoms with E-state index in [1.165, 1.54) is 77.2 Å². The zero-order valence-corrected chi connectivity index (χ0v) is 10.7. The Morgan fingerprint density at radius 2 is 1.25 bits per heavy atom. The van der Waals surface area contributed by atoms with Crippen molar-refractivity contribution in [2.24, 2.45) is 5.92 Å². The normalized spacial score (nSPS) is 34.9. The summed E-state index contributed by atoms with van der Waals surface area (Å²) < 4.78 is 0. The van der Waals surface area contributed by atoms with Crippen molar-refractivity contribution in [2.75, 3.05) is 6.54 Å². The monoisotopic (exact) mass is 221 g/mol. The van der Waals surface area contributed by atoms with Gasteiger partial charge in [-0.1, -0.05) is 32.1 Å². The van der Waals surface area contributed by atoms with Crippen molar-refractivity contribution in [1.29, 1.82) is 0 Å². The molecule has 1 aliphatic heterocycles. The lowest BCUT2D eigenvalue weighted by atomic mass is 9.87. The van der Waals surface area contributed by atoms with Crippen LogP contribution in [-0.4, -0.2) is 23.5 Å². The van der Waals surface area contributed by atoms with Crippen LogP contribution in [0.25, 0.3) is 0 Å². The van der Waals surface area contributed by atoms with Crippen LogP contribution in [0, 0.1) is 5.92 Å². The molecule has 1 nitrogen and oxygen atoms in total. The summed E-state index contributed by atoms with van der Waals surface area (Å²) in [5.74, 6) is 1.07. The second kappa shape index (κ2) is 5.08. The molecular weight excluding hydrogens is 194 g/mol. The standard InChI is InChI=1S/C15H27N/c1-2-8-13(7-1)15-11-5-6-12-16(15)14-9-3-4-10-14/h13-15H,1-12H2. The predicted molar refractivity (Wildman–Crippen MR) is 68.6 cm³/mol. The Morgan fingerprint density at radius 3 is 2.00 bits per heavy atom. The molecule has 1 unspecified atom stereocenters. The lowest BCUT2D eigenvalue weighted by Crippen LogP contribution is -2.48. The lowest BCUT2D eigenvalue weighted by molar-refractivity contribution is 0.0598. The van der Waals surface area contributed by atoms with Gasteiger partial charge < -0.3 is 0 Å². The van der Waals surface area contributed by atoms with Gasteiger partial charge in [-0.3, -0.25) is 4.90 Å². The minimum Gasteiger partial charge on any atom is -0.297 e. The van der Waals surface area contributed by atoms with Gasteiger partial charge in [0, 0.05) is 12.1 Å². The van der Waals surface area contributed by atoms with E-state index in [2.05, 4.69) is 4.90 Å². The van der Waals surface area contributed by atoms with Gasteiger partial charge in [0.25, 0.3) is 0 Å². The molecule has 3 aliphatic rings. The van der Waals surface area contributed by atoms with Gasteiger partial charge in [0.2, 0.25) is 0 Å². The zero-order valence-electron chi connectivity index (χ0n) is 10.7. The highest BCUT2D eigenvalue weighted by Gasteiger charge is 2.35. The Balaban J connectivity index is 1.67. The number of likely N-dealkylation sites (tertiary alicyclic amines) is 1. The maximum atomic E-state index is 2.95. The van der Waals surface area contributed by atoms with Gasteiger partial charge in [-0.2, -0.15) is 0 Å². The zero-order chi connectivity index (χ0) is 10.8. The highest BCUT2D eigenvalue weighted by atomic mass is 15.2. The van der Waals surface area contributed by atoms with E-state index in [1.54, 1.807) is 0 Å². The molecule has 3 rings (SSSR count). The van der Waals surface area contributed by atoms with Crippen molar-refractivity contribution in [1.82, 2.24) is 4.90 Å². The third-order valence-corrected chi connectivity index (χ3v) is 5.33.